The van der Waals surface area contributed by atoms with Gasteiger partial charge in [0.05, 0.1) is 0 Å². The highest BCUT2D eigenvalue weighted by Gasteiger charge is 2.41. The highest BCUT2D eigenvalue weighted by Crippen LogP contribution is 2.42. The summed E-state index contributed by atoms with van der Waals surface area (Å²) in [5, 5.41) is 1.51. The standard InChI is InChI=1S/C15H11NO2/c17-15-13-8-4-3-7-12(13)14-11-6-2-1-5-10(11)9-18-16(14)15/h1-8,14H,9H2. The molecule has 1 unspecified atom stereocenters. The van der Waals surface area contributed by atoms with Crippen LogP contribution < -0.4 is 0 Å². The molecule has 0 saturated carbocycles. The third-order valence-corrected chi connectivity index (χ3v) is 3.63. The second-order valence-electron chi connectivity index (χ2n) is 4.59. The first-order valence-corrected chi connectivity index (χ1v) is 5.99. The SMILES string of the molecule is O=C1c2ccccc2C2c3ccccc3CON12. The number of rotatable bonds is 0. The van der Waals surface area contributed by atoms with E-state index in [9.17, 15) is 4.79 Å². The molecule has 0 aromatic heterocycles. The summed E-state index contributed by atoms with van der Waals surface area (Å²) in [6.07, 6.45) is 0. The van der Waals surface area contributed by atoms with Gasteiger partial charge in [0.2, 0.25) is 0 Å². The number of amides is 1. The number of hydrogen-bond acceptors (Lipinski definition) is 2. The van der Waals surface area contributed by atoms with Gasteiger partial charge in [-0.05, 0) is 22.8 Å². The summed E-state index contributed by atoms with van der Waals surface area (Å²) in [4.78, 5) is 17.8. The summed E-state index contributed by atoms with van der Waals surface area (Å²) in [6, 6.07) is 15.8. The zero-order valence-corrected chi connectivity index (χ0v) is 9.67. The van der Waals surface area contributed by atoms with Crippen LogP contribution in [-0.4, -0.2) is 11.0 Å². The summed E-state index contributed by atoms with van der Waals surface area (Å²) < 4.78 is 0. The Bertz CT molecular complexity index is 650. The van der Waals surface area contributed by atoms with Crippen LogP contribution >= 0.6 is 0 Å². The summed E-state index contributed by atoms with van der Waals surface area (Å²) in [5.74, 6) is -0.0369. The van der Waals surface area contributed by atoms with Crippen LogP contribution in [0.3, 0.4) is 0 Å². The molecule has 0 bridgehead atoms. The minimum atomic E-state index is -0.0846. The van der Waals surface area contributed by atoms with Crippen molar-refractivity contribution in [1.82, 2.24) is 5.06 Å². The predicted octanol–water partition coefficient (Wildman–Crippen LogP) is 2.68. The first-order chi connectivity index (χ1) is 8.86. The van der Waals surface area contributed by atoms with Gasteiger partial charge in [-0.3, -0.25) is 9.63 Å². The number of benzene rings is 2. The molecule has 3 heteroatoms. The Kier molecular flexibility index (Phi) is 1.88. The molecular formula is C15H11NO2. The Hall–Kier alpha value is -2.13. The summed E-state index contributed by atoms with van der Waals surface area (Å²) in [7, 11) is 0. The van der Waals surface area contributed by atoms with Crippen LogP contribution in [0.1, 0.15) is 33.1 Å². The van der Waals surface area contributed by atoms with Crippen molar-refractivity contribution >= 4 is 5.91 Å². The lowest BCUT2D eigenvalue weighted by Gasteiger charge is -2.31. The normalized spacial score (nSPS) is 20.3. The molecule has 0 saturated heterocycles. The molecule has 88 valence electrons. The maximum absolute atomic E-state index is 12.2. The van der Waals surface area contributed by atoms with Crippen molar-refractivity contribution in [3.05, 3.63) is 70.8 Å². The molecule has 18 heavy (non-hydrogen) atoms. The van der Waals surface area contributed by atoms with E-state index in [4.69, 9.17) is 4.84 Å². The lowest BCUT2D eigenvalue weighted by molar-refractivity contribution is -0.157. The molecule has 2 heterocycles. The van der Waals surface area contributed by atoms with Gasteiger partial charge in [0.1, 0.15) is 12.6 Å². The molecule has 1 atom stereocenters. The second kappa shape index (κ2) is 3.43. The quantitative estimate of drug-likeness (QED) is 0.705. The number of carbonyl (C=O) groups excluding carboxylic acids is 1. The minimum Gasteiger partial charge on any atom is -0.267 e. The van der Waals surface area contributed by atoms with E-state index >= 15 is 0 Å². The van der Waals surface area contributed by atoms with E-state index in [-0.39, 0.29) is 11.9 Å². The summed E-state index contributed by atoms with van der Waals surface area (Å²) in [6.45, 7) is 0.465. The van der Waals surface area contributed by atoms with Gasteiger partial charge < -0.3 is 0 Å². The highest BCUT2D eigenvalue weighted by atomic mass is 16.7. The van der Waals surface area contributed by atoms with Crippen molar-refractivity contribution < 1.29 is 9.63 Å². The molecule has 0 aliphatic carbocycles. The van der Waals surface area contributed by atoms with Crippen LogP contribution in [0.4, 0.5) is 0 Å². The average molecular weight is 237 g/mol. The Morgan fingerprint density at radius 1 is 1.00 bits per heavy atom. The molecule has 2 aromatic carbocycles. The summed E-state index contributed by atoms with van der Waals surface area (Å²) >= 11 is 0. The lowest BCUT2D eigenvalue weighted by atomic mass is 9.94. The fourth-order valence-electron chi connectivity index (χ4n) is 2.79. The fourth-order valence-corrected chi connectivity index (χ4v) is 2.79. The topological polar surface area (TPSA) is 29.5 Å². The van der Waals surface area contributed by atoms with Crippen LogP contribution in [0.25, 0.3) is 0 Å². The fraction of sp³-hybridized carbons (Fsp3) is 0.133. The third kappa shape index (κ3) is 1.14. The van der Waals surface area contributed by atoms with Crippen molar-refractivity contribution in [3.63, 3.8) is 0 Å². The lowest BCUT2D eigenvalue weighted by Crippen LogP contribution is -2.33. The molecule has 2 aliphatic heterocycles. The van der Waals surface area contributed by atoms with Crippen molar-refractivity contribution in [1.29, 1.82) is 0 Å². The molecule has 3 nitrogen and oxygen atoms in total. The highest BCUT2D eigenvalue weighted by molar-refractivity contribution is 5.99. The van der Waals surface area contributed by atoms with Crippen molar-refractivity contribution in [3.8, 4) is 0 Å². The van der Waals surface area contributed by atoms with Crippen molar-refractivity contribution in [2.75, 3.05) is 0 Å². The molecule has 1 amide bonds. The van der Waals surface area contributed by atoms with Crippen LogP contribution in [0.2, 0.25) is 0 Å². The number of hydroxylamine groups is 2. The van der Waals surface area contributed by atoms with E-state index in [1.165, 1.54) is 10.6 Å². The van der Waals surface area contributed by atoms with E-state index in [1.54, 1.807) is 0 Å². The van der Waals surface area contributed by atoms with Gasteiger partial charge in [-0.1, -0.05) is 42.5 Å². The molecule has 0 spiro atoms. The third-order valence-electron chi connectivity index (χ3n) is 3.63. The Morgan fingerprint density at radius 2 is 1.72 bits per heavy atom. The van der Waals surface area contributed by atoms with Gasteiger partial charge in [0.25, 0.3) is 5.91 Å². The Labute approximate surface area is 105 Å². The van der Waals surface area contributed by atoms with Crippen molar-refractivity contribution in [2.45, 2.75) is 12.6 Å². The zero-order valence-electron chi connectivity index (χ0n) is 9.67. The first-order valence-electron chi connectivity index (χ1n) is 5.99. The van der Waals surface area contributed by atoms with Gasteiger partial charge in [0, 0.05) is 5.56 Å². The predicted molar refractivity (Wildman–Crippen MR) is 65.7 cm³/mol. The van der Waals surface area contributed by atoms with Crippen LogP contribution in [0.5, 0.6) is 0 Å². The van der Waals surface area contributed by atoms with Crippen molar-refractivity contribution in [2.24, 2.45) is 0 Å². The molecule has 2 aromatic rings. The molecular weight excluding hydrogens is 226 g/mol. The molecule has 0 N–H and O–H groups in total. The van der Waals surface area contributed by atoms with Gasteiger partial charge in [0.15, 0.2) is 0 Å². The van der Waals surface area contributed by atoms with Gasteiger partial charge in [-0.15, -0.1) is 0 Å². The van der Waals surface area contributed by atoms with E-state index in [0.29, 0.717) is 6.61 Å². The molecule has 0 radical (unpaired) electrons. The van der Waals surface area contributed by atoms with Gasteiger partial charge >= 0.3 is 0 Å². The van der Waals surface area contributed by atoms with E-state index < -0.39 is 0 Å². The second-order valence-corrected chi connectivity index (χ2v) is 4.59. The Morgan fingerprint density at radius 3 is 2.61 bits per heavy atom. The smallest absolute Gasteiger partial charge is 0.267 e. The Balaban J connectivity index is 1.97. The number of carbonyl (C=O) groups is 1. The van der Waals surface area contributed by atoms with E-state index in [1.807, 2.05) is 36.4 Å². The number of hydrogen-bond donors (Lipinski definition) is 0. The first kappa shape index (κ1) is 9.85. The maximum atomic E-state index is 12.2. The monoisotopic (exact) mass is 237 g/mol. The maximum Gasteiger partial charge on any atom is 0.278 e. The van der Waals surface area contributed by atoms with Gasteiger partial charge in [-0.2, -0.15) is 0 Å². The average Bonchev–Trinajstić information content (AvgIpc) is 2.73. The number of fused-ring (bicyclic) bond motifs is 5. The molecule has 2 aliphatic rings. The van der Waals surface area contributed by atoms with Gasteiger partial charge in [-0.25, -0.2) is 5.06 Å². The largest absolute Gasteiger partial charge is 0.278 e. The number of nitrogens with zero attached hydrogens (tertiary/aromatic N) is 1. The van der Waals surface area contributed by atoms with E-state index in [2.05, 4.69) is 12.1 Å². The zero-order chi connectivity index (χ0) is 12.1. The van der Waals surface area contributed by atoms with Crippen LogP contribution in [0.15, 0.2) is 48.5 Å². The summed E-state index contributed by atoms with van der Waals surface area (Å²) in [5.41, 5.74) is 4.11. The van der Waals surface area contributed by atoms with Crippen LogP contribution in [0, 0.1) is 0 Å². The molecule has 0 fully saturated rings. The molecule has 4 rings (SSSR count). The van der Waals surface area contributed by atoms with Crippen LogP contribution in [-0.2, 0) is 11.4 Å². The minimum absolute atomic E-state index is 0.0369. The van der Waals surface area contributed by atoms with E-state index in [0.717, 1.165) is 16.7 Å².